The largest absolute Gasteiger partial charge is 0.126 e. The van der Waals surface area contributed by atoms with Crippen LogP contribution in [0.25, 0.3) is 0 Å². The summed E-state index contributed by atoms with van der Waals surface area (Å²) in [7, 11) is 0. The summed E-state index contributed by atoms with van der Waals surface area (Å²) in [5, 5.41) is 0. The van der Waals surface area contributed by atoms with Crippen LogP contribution in [0.15, 0.2) is 0 Å². The molecule has 0 N–H and O–H groups in total. The molecule has 0 heterocycles. The van der Waals surface area contributed by atoms with Crippen LogP contribution in [0.3, 0.4) is 0 Å². The summed E-state index contributed by atoms with van der Waals surface area (Å²) in [6, 6.07) is 0. The molecule has 1 fully saturated rings. The predicted octanol–water partition coefficient (Wildman–Crippen LogP) is 4.76. The lowest BCUT2D eigenvalue weighted by Gasteiger charge is -2.12. The van der Waals surface area contributed by atoms with E-state index < -0.39 is 0 Å². The van der Waals surface area contributed by atoms with Gasteiger partial charge in [-0.1, -0.05) is 51.4 Å². The molecule has 1 aliphatic rings. The molecule has 0 aliphatic heterocycles. The minimum Gasteiger partial charge on any atom is -0.126 e. The Hall–Kier alpha value is 0.290. The van der Waals surface area contributed by atoms with Crippen molar-refractivity contribution in [3.63, 3.8) is 0 Å². The van der Waals surface area contributed by atoms with E-state index in [2.05, 4.69) is 0 Å². The highest BCUT2D eigenvalue weighted by Crippen LogP contribution is 2.21. The number of hydrogen-bond donors (Lipinski definition) is 0. The molecule has 0 saturated heterocycles. The Bertz CT molecular complexity index is 99.7. The lowest BCUT2D eigenvalue weighted by atomic mass is 9.97. The number of halogens is 1. The molecule has 0 amide bonds. The quantitative estimate of drug-likeness (QED) is 0.538. The van der Waals surface area contributed by atoms with Crippen LogP contribution in [0.4, 0.5) is 0 Å². The lowest BCUT2D eigenvalue weighted by Crippen LogP contribution is -2.01. The van der Waals surface area contributed by atoms with E-state index >= 15 is 0 Å². The third-order valence-corrected chi connectivity index (χ3v) is 3.63. The third-order valence-electron chi connectivity index (χ3n) is 3.19. The highest BCUT2D eigenvalue weighted by atomic mass is 35.5. The fourth-order valence-electron chi connectivity index (χ4n) is 2.23. The first-order chi connectivity index (χ1) is 6.43. The van der Waals surface area contributed by atoms with Crippen molar-refractivity contribution in [3.8, 4) is 0 Å². The molecule has 1 saturated carbocycles. The molecule has 0 bridgehead atoms. The highest BCUT2D eigenvalue weighted by Gasteiger charge is 2.07. The third kappa shape index (κ3) is 5.57. The van der Waals surface area contributed by atoms with Crippen LogP contribution in [0, 0.1) is 5.92 Å². The van der Waals surface area contributed by atoms with Crippen molar-refractivity contribution in [3.05, 3.63) is 0 Å². The van der Waals surface area contributed by atoms with Gasteiger partial charge in [0.1, 0.15) is 0 Å². The van der Waals surface area contributed by atoms with Gasteiger partial charge >= 0.3 is 0 Å². The Balaban J connectivity index is 2.18. The van der Waals surface area contributed by atoms with E-state index in [0.717, 1.165) is 11.8 Å². The minimum atomic E-state index is 0.819. The maximum atomic E-state index is 5.94. The van der Waals surface area contributed by atoms with Crippen molar-refractivity contribution in [2.24, 2.45) is 5.92 Å². The smallest absolute Gasteiger partial charge is 0.0251 e. The van der Waals surface area contributed by atoms with E-state index in [1.54, 1.807) is 0 Å². The Kier molecular flexibility index (Phi) is 6.71. The van der Waals surface area contributed by atoms with Crippen molar-refractivity contribution in [1.82, 2.24) is 0 Å². The summed E-state index contributed by atoms with van der Waals surface area (Å²) in [4.78, 5) is 0. The summed E-state index contributed by atoms with van der Waals surface area (Å²) in [6.45, 7) is 0. The molecular formula is C12H23Cl. The van der Waals surface area contributed by atoms with Crippen molar-refractivity contribution in [2.75, 3.05) is 5.88 Å². The van der Waals surface area contributed by atoms with Crippen LogP contribution in [0.2, 0.25) is 0 Å². The number of hydrogen-bond acceptors (Lipinski definition) is 0. The molecule has 0 unspecified atom stereocenters. The van der Waals surface area contributed by atoms with Gasteiger partial charge in [0.2, 0.25) is 0 Å². The highest BCUT2D eigenvalue weighted by molar-refractivity contribution is 6.18. The average molecular weight is 203 g/mol. The maximum Gasteiger partial charge on any atom is 0.0251 e. The fraction of sp³-hybridized carbons (Fsp3) is 1.00. The first kappa shape index (κ1) is 11.4. The van der Waals surface area contributed by atoms with Crippen molar-refractivity contribution in [2.45, 2.75) is 64.2 Å². The zero-order valence-corrected chi connectivity index (χ0v) is 9.49. The zero-order valence-electron chi connectivity index (χ0n) is 8.73. The molecule has 0 atom stereocenters. The summed E-state index contributed by atoms with van der Waals surface area (Å²) < 4.78 is 0. The number of alkyl halides is 1. The molecular weight excluding hydrogens is 180 g/mol. The van der Waals surface area contributed by atoms with Gasteiger partial charge in [0.25, 0.3) is 0 Å². The Morgan fingerprint density at radius 3 is 1.46 bits per heavy atom. The zero-order chi connectivity index (χ0) is 9.36. The second-order valence-electron chi connectivity index (χ2n) is 4.43. The first-order valence-electron chi connectivity index (χ1n) is 5.99. The lowest BCUT2D eigenvalue weighted by molar-refractivity contribution is 0.452. The molecule has 1 rings (SSSR count). The summed E-state index contributed by atoms with van der Waals surface area (Å²) in [5.74, 6) is 1.71. The molecule has 0 aromatic heterocycles. The predicted molar refractivity (Wildman–Crippen MR) is 60.4 cm³/mol. The van der Waals surface area contributed by atoms with E-state index in [0.29, 0.717) is 0 Å². The molecule has 0 aromatic carbocycles. The van der Waals surface area contributed by atoms with Gasteiger partial charge in [-0.2, -0.15) is 0 Å². The first-order valence-corrected chi connectivity index (χ1v) is 6.53. The molecule has 78 valence electrons. The summed E-state index contributed by atoms with van der Waals surface area (Å²) in [5.41, 5.74) is 0. The van der Waals surface area contributed by atoms with E-state index in [-0.39, 0.29) is 0 Å². The second-order valence-corrected chi connectivity index (χ2v) is 4.73. The van der Waals surface area contributed by atoms with Gasteiger partial charge in [0.05, 0.1) is 0 Å². The van der Waals surface area contributed by atoms with Gasteiger partial charge in [0.15, 0.2) is 0 Å². The van der Waals surface area contributed by atoms with Gasteiger partial charge in [0, 0.05) is 5.88 Å². The van der Waals surface area contributed by atoms with Crippen molar-refractivity contribution >= 4 is 11.6 Å². The fourth-order valence-corrected chi connectivity index (χ4v) is 2.53. The van der Waals surface area contributed by atoms with E-state index in [1.807, 2.05) is 0 Å². The molecule has 1 aliphatic carbocycles. The van der Waals surface area contributed by atoms with Crippen LogP contribution in [0.1, 0.15) is 64.2 Å². The molecule has 0 nitrogen and oxygen atoms in total. The second kappa shape index (κ2) is 7.67. The molecule has 0 radical (unpaired) electrons. The summed E-state index contributed by atoms with van der Waals surface area (Å²) >= 11 is 5.94. The molecule has 1 heteroatoms. The monoisotopic (exact) mass is 202 g/mol. The van der Waals surface area contributed by atoms with Gasteiger partial charge in [-0.05, 0) is 18.8 Å². The Labute approximate surface area is 88.1 Å². The van der Waals surface area contributed by atoms with Crippen LogP contribution < -0.4 is 0 Å². The standard InChI is InChI=1S/C12H23Cl/c13-11-12-9-7-5-3-1-2-4-6-8-10-12/h12H,1-11H2. The normalized spacial score (nSPS) is 23.8. The van der Waals surface area contributed by atoms with Crippen LogP contribution >= 0.6 is 11.6 Å². The molecule has 13 heavy (non-hydrogen) atoms. The van der Waals surface area contributed by atoms with Gasteiger partial charge in [-0.15, -0.1) is 11.6 Å². The van der Waals surface area contributed by atoms with Crippen LogP contribution in [-0.2, 0) is 0 Å². The van der Waals surface area contributed by atoms with Gasteiger partial charge < -0.3 is 0 Å². The number of rotatable bonds is 1. The van der Waals surface area contributed by atoms with Gasteiger partial charge in [-0.3, -0.25) is 0 Å². The van der Waals surface area contributed by atoms with Gasteiger partial charge in [-0.25, -0.2) is 0 Å². The van der Waals surface area contributed by atoms with Crippen LogP contribution in [0.5, 0.6) is 0 Å². The SMILES string of the molecule is ClCC1CCCCCCCCCC1. The van der Waals surface area contributed by atoms with Crippen molar-refractivity contribution in [1.29, 1.82) is 0 Å². The Morgan fingerprint density at radius 1 is 0.692 bits per heavy atom. The molecule has 0 aromatic rings. The van der Waals surface area contributed by atoms with Crippen LogP contribution in [-0.4, -0.2) is 5.88 Å². The summed E-state index contributed by atoms with van der Waals surface area (Å²) in [6.07, 6.45) is 14.3. The average Bonchev–Trinajstić information content (AvgIpc) is 2.22. The Morgan fingerprint density at radius 2 is 1.08 bits per heavy atom. The minimum absolute atomic E-state index is 0.819. The van der Waals surface area contributed by atoms with E-state index in [4.69, 9.17) is 11.6 Å². The van der Waals surface area contributed by atoms with E-state index in [1.165, 1.54) is 64.2 Å². The van der Waals surface area contributed by atoms with E-state index in [9.17, 15) is 0 Å². The van der Waals surface area contributed by atoms with Crippen molar-refractivity contribution < 1.29 is 0 Å². The topological polar surface area (TPSA) is 0 Å². The molecule has 0 spiro atoms. The maximum absolute atomic E-state index is 5.94.